The van der Waals surface area contributed by atoms with Gasteiger partial charge in [0.25, 0.3) is 0 Å². The van der Waals surface area contributed by atoms with Crippen LogP contribution in [0.3, 0.4) is 0 Å². The normalized spacial score (nSPS) is 25.0. The van der Waals surface area contributed by atoms with Crippen LogP contribution in [-0.2, 0) is 9.59 Å². The molecule has 4 nitrogen and oxygen atoms in total. The number of carbonyl (C=O) groups is 2. The van der Waals surface area contributed by atoms with Gasteiger partial charge in [-0.05, 0) is 30.7 Å². The maximum absolute atomic E-state index is 12.6. The van der Waals surface area contributed by atoms with Gasteiger partial charge in [0.15, 0.2) is 0 Å². The molecule has 0 N–H and O–H groups in total. The molecule has 96 valence electrons. The quantitative estimate of drug-likeness (QED) is 0.777. The highest BCUT2D eigenvalue weighted by molar-refractivity contribution is 7.08. The van der Waals surface area contributed by atoms with Crippen molar-refractivity contribution in [2.45, 2.75) is 31.7 Å². The number of rotatable bonds is 1. The number of anilines is 1. The fourth-order valence-electron chi connectivity index (χ4n) is 2.80. The van der Waals surface area contributed by atoms with Crippen LogP contribution in [0.2, 0.25) is 0 Å². The van der Waals surface area contributed by atoms with Crippen LogP contribution in [0.1, 0.15) is 25.7 Å². The van der Waals surface area contributed by atoms with Gasteiger partial charge in [-0.2, -0.15) is 11.3 Å². The molecule has 1 aromatic rings. The van der Waals surface area contributed by atoms with Gasteiger partial charge in [-0.25, -0.2) is 0 Å². The molecule has 2 amide bonds. The van der Waals surface area contributed by atoms with Crippen molar-refractivity contribution < 1.29 is 9.59 Å². The molecule has 2 fully saturated rings. The summed E-state index contributed by atoms with van der Waals surface area (Å²) in [5, 5.41) is 3.94. The summed E-state index contributed by atoms with van der Waals surface area (Å²) in [7, 11) is 0. The minimum absolute atomic E-state index is 0.0963. The van der Waals surface area contributed by atoms with Crippen molar-refractivity contribution in [1.82, 2.24) is 4.90 Å². The molecule has 0 aromatic carbocycles. The van der Waals surface area contributed by atoms with Crippen molar-refractivity contribution in [3.05, 3.63) is 16.8 Å². The molecule has 3 heterocycles. The largest absolute Gasteiger partial charge is 0.331 e. The Bertz CT molecular complexity index is 458. The Morgan fingerprint density at radius 1 is 1.22 bits per heavy atom. The molecule has 2 saturated heterocycles. The zero-order valence-electron chi connectivity index (χ0n) is 10.2. The van der Waals surface area contributed by atoms with Crippen LogP contribution in [0.4, 0.5) is 5.69 Å². The molecule has 0 saturated carbocycles. The molecule has 5 heteroatoms. The van der Waals surface area contributed by atoms with Gasteiger partial charge in [-0.1, -0.05) is 0 Å². The second kappa shape index (κ2) is 4.72. The molecule has 0 spiro atoms. The standard InChI is InChI=1S/C13H16N2O2S/c16-12-4-7-14(10-5-8-18-9-10)13(17)11-3-1-2-6-15(11)12/h5,8-9,11H,1-4,6-7H2. The molecule has 0 aliphatic carbocycles. The highest BCUT2D eigenvalue weighted by Crippen LogP contribution is 2.27. The summed E-state index contributed by atoms with van der Waals surface area (Å²) < 4.78 is 0. The van der Waals surface area contributed by atoms with E-state index in [0.717, 1.165) is 31.5 Å². The molecular formula is C13H16N2O2S. The third-order valence-electron chi connectivity index (χ3n) is 3.74. The summed E-state index contributed by atoms with van der Waals surface area (Å²) >= 11 is 1.58. The zero-order chi connectivity index (χ0) is 12.5. The molecule has 1 unspecified atom stereocenters. The van der Waals surface area contributed by atoms with Gasteiger partial charge in [0.05, 0.1) is 5.69 Å². The predicted octanol–water partition coefficient (Wildman–Crippen LogP) is 1.87. The first kappa shape index (κ1) is 11.7. The minimum Gasteiger partial charge on any atom is -0.331 e. The van der Waals surface area contributed by atoms with E-state index in [1.807, 2.05) is 16.8 Å². The number of hydrogen-bond acceptors (Lipinski definition) is 3. The first-order chi connectivity index (χ1) is 8.77. The summed E-state index contributed by atoms with van der Waals surface area (Å²) in [5.41, 5.74) is 0.935. The van der Waals surface area contributed by atoms with E-state index in [0.29, 0.717) is 13.0 Å². The first-order valence-corrected chi connectivity index (χ1v) is 7.35. The van der Waals surface area contributed by atoms with Gasteiger partial charge in [0.2, 0.25) is 11.8 Å². The second-order valence-electron chi connectivity index (χ2n) is 4.82. The zero-order valence-corrected chi connectivity index (χ0v) is 11.0. The van der Waals surface area contributed by atoms with Gasteiger partial charge in [-0.15, -0.1) is 0 Å². The van der Waals surface area contributed by atoms with Crippen molar-refractivity contribution in [2.75, 3.05) is 18.0 Å². The van der Waals surface area contributed by atoms with Crippen molar-refractivity contribution in [1.29, 1.82) is 0 Å². The topological polar surface area (TPSA) is 40.6 Å². The molecule has 3 rings (SSSR count). The van der Waals surface area contributed by atoms with E-state index in [9.17, 15) is 9.59 Å². The predicted molar refractivity (Wildman–Crippen MR) is 70.6 cm³/mol. The summed E-state index contributed by atoms with van der Waals surface area (Å²) in [6.07, 6.45) is 3.31. The van der Waals surface area contributed by atoms with Crippen molar-refractivity contribution in [3.8, 4) is 0 Å². The number of hydrogen-bond donors (Lipinski definition) is 0. The Balaban J connectivity index is 1.90. The second-order valence-corrected chi connectivity index (χ2v) is 5.60. The van der Waals surface area contributed by atoms with E-state index < -0.39 is 0 Å². The number of amides is 2. The van der Waals surface area contributed by atoms with E-state index in [1.165, 1.54) is 0 Å². The van der Waals surface area contributed by atoms with Gasteiger partial charge in [0.1, 0.15) is 6.04 Å². The first-order valence-electron chi connectivity index (χ1n) is 6.40. The SMILES string of the molecule is O=C1C2CCCCN2C(=O)CCN1c1ccsc1. The Kier molecular flexibility index (Phi) is 3.07. The van der Waals surface area contributed by atoms with Crippen molar-refractivity contribution >= 4 is 28.8 Å². The number of nitrogens with zero attached hydrogens (tertiary/aromatic N) is 2. The summed E-state index contributed by atoms with van der Waals surface area (Å²) in [6, 6.07) is 1.72. The smallest absolute Gasteiger partial charge is 0.249 e. The Labute approximate surface area is 110 Å². The molecular weight excluding hydrogens is 248 g/mol. The average molecular weight is 264 g/mol. The monoisotopic (exact) mass is 264 g/mol. The number of fused-ring (bicyclic) bond motifs is 1. The maximum atomic E-state index is 12.6. The Hall–Kier alpha value is -1.36. The Morgan fingerprint density at radius 3 is 2.89 bits per heavy atom. The molecule has 0 bridgehead atoms. The van der Waals surface area contributed by atoms with Crippen LogP contribution >= 0.6 is 11.3 Å². The van der Waals surface area contributed by atoms with Crippen LogP contribution in [0.15, 0.2) is 16.8 Å². The van der Waals surface area contributed by atoms with Crippen LogP contribution in [0.25, 0.3) is 0 Å². The van der Waals surface area contributed by atoms with Crippen molar-refractivity contribution in [2.24, 2.45) is 0 Å². The van der Waals surface area contributed by atoms with Crippen LogP contribution in [0.5, 0.6) is 0 Å². The highest BCUT2D eigenvalue weighted by atomic mass is 32.1. The lowest BCUT2D eigenvalue weighted by atomic mass is 10.0. The molecule has 18 heavy (non-hydrogen) atoms. The fraction of sp³-hybridized carbons (Fsp3) is 0.538. The van der Waals surface area contributed by atoms with Gasteiger partial charge in [0, 0.05) is 24.9 Å². The minimum atomic E-state index is -0.228. The maximum Gasteiger partial charge on any atom is 0.249 e. The van der Waals surface area contributed by atoms with Crippen LogP contribution < -0.4 is 4.90 Å². The lowest BCUT2D eigenvalue weighted by molar-refractivity contribution is -0.138. The number of piperidine rings is 1. The summed E-state index contributed by atoms with van der Waals surface area (Å²) in [4.78, 5) is 28.2. The highest BCUT2D eigenvalue weighted by Gasteiger charge is 2.38. The third kappa shape index (κ3) is 1.92. The number of carbonyl (C=O) groups excluding carboxylic acids is 2. The van der Waals surface area contributed by atoms with E-state index >= 15 is 0 Å². The van der Waals surface area contributed by atoms with Crippen LogP contribution in [-0.4, -0.2) is 35.8 Å². The number of thiophene rings is 1. The van der Waals surface area contributed by atoms with Crippen molar-refractivity contribution in [3.63, 3.8) is 0 Å². The average Bonchev–Trinajstić information content (AvgIpc) is 2.88. The fourth-order valence-corrected chi connectivity index (χ4v) is 3.44. The lowest BCUT2D eigenvalue weighted by Gasteiger charge is -2.34. The summed E-state index contributed by atoms with van der Waals surface area (Å²) in [5.74, 6) is 0.227. The Morgan fingerprint density at radius 2 is 2.11 bits per heavy atom. The molecule has 2 aliphatic rings. The van der Waals surface area contributed by atoms with Gasteiger partial charge in [-0.3, -0.25) is 9.59 Å². The third-order valence-corrected chi connectivity index (χ3v) is 4.41. The molecule has 1 aromatic heterocycles. The van der Waals surface area contributed by atoms with Crippen LogP contribution in [0, 0.1) is 0 Å². The van der Waals surface area contributed by atoms with Gasteiger partial charge >= 0.3 is 0 Å². The van der Waals surface area contributed by atoms with E-state index in [2.05, 4.69) is 0 Å². The molecule has 1 atom stereocenters. The van der Waals surface area contributed by atoms with E-state index in [1.54, 1.807) is 21.1 Å². The van der Waals surface area contributed by atoms with E-state index in [-0.39, 0.29) is 17.9 Å². The lowest BCUT2D eigenvalue weighted by Crippen LogP contribution is -2.49. The molecule has 0 radical (unpaired) electrons. The molecule has 2 aliphatic heterocycles. The summed E-state index contributed by atoms with van der Waals surface area (Å²) in [6.45, 7) is 1.26. The van der Waals surface area contributed by atoms with Gasteiger partial charge < -0.3 is 9.80 Å². The van der Waals surface area contributed by atoms with E-state index in [4.69, 9.17) is 0 Å².